The van der Waals surface area contributed by atoms with Crippen LogP contribution in [0.5, 0.6) is 5.75 Å². The highest BCUT2D eigenvalue weighted by molar-refractivity contribution is 5.92. The molecule has 1 fully saturated rings. The number of pyridine rings is 2. The van der Waals surface area contributed by atoms with E-state index in [0.717, 1.165) is 24.1 Å². The molecule has 11 heteroatoms. The van der Waals surface area contributed by atoms with Crippen LogP contribution in [-0.2, 0) is 13.0 Å². The molecule has 0 spiro atoms. The van der Waals surface area contributed by atoms with Gasteiger partial charge in [0.05, 0.1) is 12.1 Å². The maximum atomic E-state index is 14.5. The molecule has 1 saturated heterocycles. The number of amides is 1. The highest BCUT2D eigenvalue weighted by atomic mass is 19.3. The molecule has 3 aromatic rings. The number of likely N-dealkylation sites (tertiary alicyclic amines) is 1. The van der Waals surface area contributed by atoms with Crippen LogP contribution in [0.25, 0.3) is 10.9 Å². The van der Waals surface area contributed by atoms with Gasteiger partial charge in [0.25, 0.3) is 23.8 Å². The van der Waals surface area contributed by atoms with E-state index >= 15 is 0 Å². The van der Waals surface area contributed by atoms with Crippen LogP contribution in [0.15, 0.2) is 35.1 Å². The molecule has 35 heavy (non-hydrogen) atoms. The number of rotatable bonds is 6. The first-order valence-electron chi connectivity index (χ1n) is 11.1. The van der Waals surface area contributed by atoms with Gasteiger partial charge in [-0.05, 0) is 38.0 Å². The molecule has 1 aliphatic rings. The van der Waals surface area contributed by atoms with Gasteiger partial charge in [-0.2, -0.15) is 4.39 Å². The van der Waals surface area contributed by atoms with Crippen molar-refractivity contribution in [3.63, 3.8) is 0 Å². The van der Waals surface area contributed by atoms with Crippen LogP contribution in [0.4, 0.5) is 17.6 Å². The number of aromatic hydroxyl groups is 1. The second-order valence-electron chi connectivity index (χ2n) is 8.20. The molecule has 188 valence electrons. The average Bonchev–Trinajstić information content (AvgIpc) is 2.83. The summed E-state index contributed by atoms with van der Waals surface area (Å²) in [6.07, 6.45) is -0.859. The minimum Gasteiger partial charge on any atom is -0.504 e. The smallest absolute Gasteiger partial charge is 0.270 e. The number of carbonyl (C=O) groups excluding carboxylic acids is 1. The van der Waals surface area contributed by atoms with E-state index in [1.54, 1.807) is 6.07 Å². The predicted molar refractivity (Wildman–Crippen MR) is 123 cm³/mol. The number of H-pyrrole nitrogens is 1. The number of aryl methyl sites for hydroxylation is 1. The standard InChI is InChI=1S/C16H19FN2O.C8H7F3N2O2/c1-3-11-8-12-4-5-13(9-19-7-6-10(19)2)14(17)15(12)18-16(11)20;9-6(10)3-12-8(15)4-1-2-5(14)7(11)13-4/h4-5,8,10H,3,6-7,9H2,1-2H3,(H,18,20);1-2,6,14H,3H2,(H,12,15). The number of aromatic nitrogens is 2. The largest absolute Gasteiger partial charge is 0.504 e. The Morgan fingerprint density at radius 1 is 1.26 bits per heavy atom. The Hall–Kier alpha value is -3.47. The van der Waals surface area contributed by atoms with Crippen LogP contribution in [0, 0.1) is 11.8 Å². The van der Waals surface area contributed by atoms with Crippen LogP contribution in [0.1, 0.15) is 41.9 Å². The van der Waals surface area contributed by atoms with Gasteiger partial charge in [0.1, 0.15) is 5.69 Å². The average molecular weight is 494 g/mol. The second kappa shape index (κ2) is 11.3. The van der Waals surface area contributed by atoms with Crippen LogP contribution in [0.2, 0.25) is 0 Å². The van der Waals surface area contributed by atoms with Crippen molar-refractivity contribution in [2.75, 3.05) is 13.1 Å². The summed E-state index contributed by atoms with van der Waals surface area (Å²) in [7, 11) is 0. The van der Waals surface area contributed by atoms with E-state index in [0.29, 0.717) is 35.7 Å². The minimum absolute atomic E-state index is 0.187. The van der Waals surface area contributed by atoms with Crippen molar-refractivity contribution in [3.8, 4) is 5.75 Å². The van der Waals surface area contributed by atoms with Gasteiger partial charge in [0, 0.05) is 35.6 Å². The molecular formula is C24H26F4N4O3. The van der Waals surface area contributed by atoms with Crippen molar-refractivity contribution in [3.05, 3.63) is 69.3 Å². The van der Waals surface area contributed by atoms with E-state index in [-0.39, 0.29) is 17.1 Å². The Kier molecular flexibility index (Phi) is 8.44. The van der Waals surface area contributed by atoms with E-state index in [4.69, 9.17) is 5.11 Å². The third-order valence-corrected chi connectivity index (χ3v) is 5.80. The summed E-state index contributed by atoms with van der Waals surface area (Å²) >= 11 is 0. The molecule has 0 aliphatic carbocycles. The van der Waals surface area contributed by atoms with E-state index in [1.807, 2.05) is 24.4 Å². The van der Waals surface area contributed by atoms with Crippen molar-refractivity contribution >= 4 is 16.8 Å². The molecule has 1 atom stereocenters. The summed E-state index contributed by atoms with van der Waals surface area (Å²) in [6.45, 7) is 4.87. The van der Waals surface area contributed by atoms with Crippen LogP contribution < -0.4 is 10.9 Å². The lowest BCUT2D eigenvalue weighted by Gasteiger charge is -2.38. The third kappa shape index (κ3) is 6.36. The molecule has 1 unspecified atom stereocenters. The monoisotopic (exact) mass is 494 g/mol. The van der Waals surface area contributed by atoms with Crippen molar-refractivity contribution < 1.29 is 27.5 Å². The van der Waals surface area contributed by atoms with E-state index in [2.05, 4.69) is 21.8 Å². The zero-order chi connectivity index (χ0) is 25.7. The molecule has 1 aliphatic heterocycles. The lowest BCUT2D eigenvalue weighted by atomic mass is 10.0. The summed E-state index contributed by atoms with van der Waals surface area (Å²) in [5, 5.41) is 11.4. The summed E-state index contributed by atoms with van der Waals surface area (Å²) in [6, 6.07) is 7.98. The fourth-order valence-electron chi connectivity index (χ4n) is 3.55. The van der Waals surface area contributed by atoms with Crippen LogP contribution in [-0.4, -0.2) is 51.4 Å². The number of benzene rings is 1. The van der Waals surface area contributed by atoms with Gasteiger partial charge in [0.15, 0.2) is 11.6 Å². The van der Waals surface area contributed by atoms with Gasteiger partial charge < -0.3 is 15.4 Å². The zero-order valence-electron chi connectivity index (χ0n) is 19.2. The van der Waals surface area contributed by atoms with Crippen molar-refractivity contribution in [2.45, 2.75) is 45.7 Å². The summed E-state index contributed by atoms with van der Waals surface area (Å²) in [5.41, 5.74) is 1.13. The van der Waals surface area contributed by atoms with Crippen LogP contribution in [0.3, 0.4) is 0 Å². The van der Waals surface area contributed by atoms with Crippen LogP contribution >= 0.6 is 0 Å². The molecule has 1 amide bonds. The SMILES string of the molecule is CCc1cc2ccc(CN3CCC3C)c(F)c2[nH]c1=O.O=C(NCC(F)F)c1ccc(O)c(F)n1. The van der Waals surface area contributed by atoms with Gasteiger partial charge in [0.2, 0.25) is 0 Å². The normalized spacial score (nSPS) is 15.5. The summed E-state index contributed by atoms with van der Waals surface area (Å²) < 4.78 is 50.6. The Morgan fingerprint density at radius 3 is 2.57 bits per heavy atom. The lowest BCUT2D eigenvalue weighted by Crippen LogP contribution is -2.44. The Labute approximate surface area is 198 Å². The number of halogens is 4. The fourth-order valence-corrected chi connectivity index (χ4v) is 3.55. The lowest BCUT2D eigenvalue weighted by molar-refractivity contribution is 0.0885. The molecule has 7 nitrogen and oxygen atoms in total. The quantitative estimate of drug-likeness (QED) is 0.358. The van der Waals surface area contributed by atoms with Crippen molar-refractivity contribution in [1.82, 2.24) is 20.2 Å². The number of hydrogen-bond acceptors (Lipinski definition) is 5. The maximum Gasteiger partial charge on any atom is 0.270 e. The number of hydrogen-bond donors (Lipinski definition) is 3. The Balaban J connectivity index is 0.000000205. The number of alkyl halides is 2. The molecule has 0 radical (unpaired) electrons. The van der Waals surface area contributed by atoms with Gasteiger partial charge in [-0.3, -0.25) is 14.5 Å². The van der Waals surface area contributed by atoms with Crippen molar-refractivity contribution in [2.24, 2.45) is 0 Å². The molecule has 4 rings (SSSR count). The fraction of sp³-hybridized carbons (Fsp3) is 0.375. The van der Waals surface area contributed by atoms with Crippen molar-refractivity contribution in [1.29, 1.82) is 0 Å². The topological polar surface area (TPSA) is 98.3 Å². The van der Waals surface area contributed by atoms with E-state index in [1.165, 1.54) is 6.42 Å². The van der Waals surface area contributed by atoms with Gasteiger partial charge in [-0.15, -0.1) is 0 Å². The highest BCUT2D eigenvalue weighted by Gasteiger charge is 2.24. The van der Waals surface area contributed by atoms with Gasteiger partial charge in [-0.1, -0.05) is 19.1 Å². The second-order valence-corrected chi connectivity index (χ2v) is 8.20. The summed E-state index contributed by atoms with van der Waals surface area (Å²) in [4.78, 5) is 30.9. The first kappa shape index (κ1) is 26.1. The summed E-state index contributed by atoms with van der Waals surface area (Å²) in [5.74, 6) is -3.14. The molecular weight excluding hydrogens is 468 g/mol. The highest BCUT2D eigenvalue weighted by Crippen LogP contribution is 2.24. The van der Waals surface area contributed by atoms with E-state index < -0.39 is 30.6 Å². The van der Waals surface area contributed by atoms with Gasteiger partial charge in [-0.25, -0.2) is 18.2 Å². The van der Waals surface area contributed by atoms with Gasteiger partial charge >= 0.3 is 0 Å². The molecule has 0 saturated carbocycles. The number of carbonyl (C=O) groups is 1. The molecule has 3 heterocycles. The zero-order valence-corrected chi connectivity index (χ0v) is 19.2. The molecule has 2 aromatic heterocycles. The number of fused-ring (bicyclic) bond motifs is 1. The molecule has 0 bridgehead atoms. The maximum absolute atomic E-state index is 14.5. The third-order valence-electron chi connectivity index (χ3n) is 5.80. The molecule has 1 aromatic carbocycles. The Morgan fingerprint density at radius 2 is 2.00 bits per heavy atom. The predicted octanol–water partition coefficient (Wildman–Crippen LogP) is 3.75. The molecule has 3 N–H and O–H groups in total. The minimum atomic E-state index is -2.68. The number of aromatic amines is 1. The number of nitrogens with one attached hydrogen (secondary N) is 2. The van der Waals surface area contributed by atoms with E-state index in [9.17, 15) is 27.2 Å². The Bertz CT molecular complexity index is 1270. The first-order valence-corrected chi connectivity index (χ1v) is 11.1. The number of nitrogens with zero attached hydrogens (tertiary/aromatic N) is 2. The first-order chi connectivity index (χ1) is 16.6.